The van der Waals surface area contributed by atoms with E-state index in [0.29, 0.717) is 33.8 Å². The summed E-state index contributed by atoms with van der Waals surface area (Å²) in [5.41, 5.74) is 0.774. The summed E-state index contributed by atoms with van der Waals surface area (Å²) >= 11 is 7.84. The Labute approximate surface area is 294 Å². The van der Waals surface area contributed by atoms with Crippen LogP contribution in [0.15, 0.2) is 35.5 Å². The number of likely N-dealkylation sites (tertiary alicyclic amines) is 1. The van der Waals surface area contributed by atoms with Gasteiger partial charge in [-0.05, 0) is 81.2 Å². The van der Waals surface area contributed by atoms with Crippen molar-refractivity contribution in [1.29, 1.82) is 0 Å². The van der Waals surface area contributed by atoms with Gasteiger partial charge in [0.25, 0.3) is 12.0 Å². The number of benzene rings is 1. The van der Waals surface area contributed by atoms with Gasteiger partial charge in [-0.1, -0.05) is 11.6 Å². The summed E-state index contributed by atoms with van der Waals surface area (Å²) < 4.78 is 52.6. The number of rotatable bonds is 8. The number of amides is 2. The zero-order chi connectivity index (χ0) is 36.1. The van der Waals surface area contributed by atoms with Crippen LogP contribution >= 0.6 is 23.1 Å². The molecule has 0 radical (unpaired) electrons. The van der Waals surface area contributed by atoms with Crippen LogP contribution in [0, 0.1) is 5.95 Å². The van der Waals surface area contributed by atoms with E-state index in [0.717, 1.165) is 39.6 Å². The van der Waals surface area contributed by atoms with Gasteiger partial charge in [0.15, 0.2) is 5.52 Å². The van der Waals surface area contributed by atoms with Crippen molar-refractivity contribution in [2.75, 3.05) is 20.1 Å². The monoisotopic (exact) mass is 735 g/mol. The lowest BCUT2D eigenvalue weighted by atomic mass is 9.91. The lowest BCUT2D eigenvalue weighted by molar-refractivity contribution is -0.138. The molecule has 2 atom stereocenters. The smallest absolute Gasteiger partial charge is 0.410 e. The summed E-state index contributed by atoms with van der Waals surface area (Å²) in [6.45, 7) is 5.51. The minimum absolute atomic E-state index is 0.0787. The second kappa shape index (κ2) is 13.6. The number of fused-ring (bicyclic) bond motifs is 2. The molecule has 1 saturated heterocycles. The Morgan fingerprint density at radius 3 is 2.48 bits per heavy atom. The maximum absolute atomic E-state index is 13.7. The molecule has 1 N–H and O–H groups in total. The van der Waals surface area contributed by atoms with Crippen LogP contribution in [0.2, 0.25) is 5.02 Å². The number of piperidine rings is 1. The minimum atomic E-state index is -2.94. The number of hydrogen-bond acceptors (Lipinski definition) is 9. The first-order valence-electron chi connectivity index (χ1n) is 16.1. The number of nitrogens with zero attached hydrogens (tertiary/aromatic N) is 7. The van der Waals surface area contributed by atoms with Crippen LogP contribution in [0.1, 0.15) is 57.2 Å². The normalized spacial score (nSPS) is 18.0. The van der Waals surface area contributed by atoms with Crippen molar-refractivity contribution in [3.8, 4) is 10.4 Å². The third-order valence-corrected chi connectivity index (χ3v) is 10.4. The summed E-state index contributed by atoms with van der Waals surface area (Å²) in [6, 6.07) is 3.04. The van der Waals surface area contributed by atoms with E-state index >= 15 is 0 Å². The van der Waals surface area contributed by atoms with Gasteiger partial charge in [0.05, 0.1) is 29.8 Å². The topological polar surface area (TPSA) is 136 Å². The highest BCUT2D eigenvalue weighted by Crippen LogP contribution is 2.39. The summed E-state index contributed by atoms with van der Waals surface area (Å²) in [6.07, 6.45) is -0.103. The number of aliphatic hydroxyl groups is 1. The average molecular weight is 736 g/mol. The zero-order valence-electron chi connectivity index (χ0n) is 27.9. The van der Waals surface area contributed by atoms with Gasteiger partial charge >= 0.3 is 6.09 Å². The van der Waals surface area contributed by atoms with E-state index in [9.17, 15) is 32.7 Å². The Balaban J connectivity index is 1.13. The van der Waals surface area contributed by atoms with Crippen molar-refractivity contribution in [3.63, 3.8) is 0 Å². The molecule has 6 rings (SSSR count). The van der Waals surface area contributed by atoms with Crippen molar-refractivity contribution < 1.29 is 32.6 Å². The van der Waals surface area contributed by atoms with Gasteiger partial charge in [0, 0.05) is 49.0 Å². The van der Waals surface area contributed by atoms with Crippen molar-refractivity contribution in [2.24, 2.45) is 0 Å². The Hall–Kier alpha value is -4.02. The average Bonchev–Trinajstić information content (AvgIpc) is 3.78. The number of ether oxygens (including phenoxy) is 1. The lowest BCUT2D eigenvalue weighted by Crippen LogP contribution is -2.50. The largest absolute Gasteiger partial charge is 0.444 e. The molecule has 1 aliphatic heterocycles. The summed E-state index contributed by atoms with van der Waals surface area (Å²) in [5, 5.41) is 15.2. The number of alkyl halides is 2. The van der Waals surface area contributed by atoms with E-state index in [1.54, 1.807) is 11.9 Å². The van der Waals surface area contributed by atoms with Crippen LogP contribution in [0.25, 0.3) is 21.5 Å². The highest BCUT2D eigenvalue weighted by molar-refractivity contribution is 7.11. The van der Waals surface area contributed by atoms with Crippen molar-refractivity contribution in [2.45, 2.75) is 89.1 Å². The van der Waals surface area contributed by atoms with Gasteiger partial charge in [0.2, 0.25) is 11.9 Å². The molecule has 0 saturated carbocycles. The Kier molecular flexibility index (Phi) is 9.74. The fourth-order valence-electron chi connectivity index (χ4n) is 6.45. The maximum atomic E-state index is 13.7. The lowest BCUT2D eigenvalue weighted by Gasteiger charge is -2.38. The SMILES string of the molecule is CN(C(=O)OC(C)(C)C)C1Cc2cc(Cl)c(-c3snc4c(=O)n(CC5(O)CCN(C(=O)CC(C(F)F)n6ccc(F)n6)CC5)cnc34)cc2C1. The van der Waals surface area contributed by atoms with Gasteiger partial charge in [-0.25, -0.2) is 18.6 Å². The fourth-order valence-corrected chi connectivity index (χ4v) is 7.64. The van der Waals surface area contributed by atoms with Gasteiger partial charge < -0.3 is 19.6 Å². The van der Waals surface area contributed by atoms with E-state index in [2.05, 4.69) is 14.5 Å². The molecule has 2 unspecified atom stereocenters. The Morgan fingerprint density at radius 2 is 1.86 bits per heavy atom. The molecule has 3 aromatic heterocycles. The van der Waals surface area contributed by atoms with E-state index in [4.69, 9.17) is 16.3 Å². The highest BCUT2D eigenvalue weighted by Gasteiger charge is 2.37. The third kappa shape index (κ3) is 7.37. The second-order valence-electron chi connectivity index (χ2n) is 14.0. The first-order chi connectivity index (χ1) is 23.5. The predicted octanol–water partition coefficient (Wildman–Crippen LogP) is 5.09. The van der Waals surface area contributed by atoms with Crippen LogP contribution < -0.4 is 5.56 Å². The number of hydrogen-bond donors (Lipinski definition) is 1. The predicted molar refractivity (Wildman–Crippen MR) is 180 cm³/mol. The van der Waals surface area contributed by atoms with Gasteiger partial charge in [-0.2, -0.15) is 8.76 Å². The Morgan fingerprint density at radius 1 is 1.18 bits per heavy atom. The van der Waals surface area contributed by atoms with Crippen molar-refractivity contribution in [1.82, 2.24) is 33.5 Å². The molecule has 50 heavy (non-hydrogen) atoms. The molecule has 12 nitrogen and oxygen atoms in total. The Bertz CT molecular complexity index is 1990. The summed E-state index contributed by atoms with van der Waals surface area (Å²) in [5.74, 6) is -1.49. The molecule has 1 aliphatic carbocycles. The highest BCUT2D eigenvalue weighted by atomic mass is 35.5. The van der Waals surface area contributed by atoms with E-state index in [-0.39, 0.29) is 44.0 Å². The molecule has 1 aromatic carbocycles. The van der Waals surface area contributed by atoms with Crippen LogP contribution in [0.3, 0.4) is 0 Å². The molecule has 17 heteroatoms. The van der Waals surface area contributed by atoms with Crippen LogP contribution in [-0.4, -0.2) is 94.4 Å². The number of carbonyl (C=O) groups excluding carboxylic acids is 2. The number of aromatic nitrogens is 5. The number of halogens is 4. The standard InChI is InChI=1S/C33H37ClF3N7O5S/c1-32(2,3)49-31(47)41(4)20-11-18-13-21(22(34)14-19(18)12-20)28-26-27(40-50-28)30(46)43(17-38-26)16-33(48)6-9-42(10-7-33)25(45)15-23(29(36)37)44-8-5-24(35)39-44/h5,8,13-14,17,20,23,29,48H,6-7,9-12,15-16H2,1-4H3. The fraction of sp³-hybridized carbons (Fsp3) is 0.515. The maximum Gasteiger partial charge on any atom is 0.410 e. The van der Waals surface area contributed by atoms with Crippen molar-refractivity contribution in [3.05, 3.63) is 63.2 Å². The molecule has 2 aliphatic rings. The first-order valence-corrected chi connectivity index (χ1v) is 17.3. The van der Waals surface area contributed by atoms with Gasteiger partial charge in [-0.3, -0.25) is 18.8 Å². The first kappa shape index (κ1) is 35.8. The molecule has 2 amide bonds. The molecule has 0 spiro atoms. The quantitative estimate of drug-likeness (QED) is 0.265. The molecule has 0 bridgehead atoms. The number of carbonyl (C=O) groups is 2. The molecular formula is C33H37ClF3N7O5S. The summed E-state index contributed by atoms with van der Waals surface area (Å²) in [4.78, 5) is 47.2. The molecule has 268 valence electrons. The van der Waals surface area contributed by atoms with Gasteiger partial charge in [-0.15, -0.1) is 5.10 Å². The second-order valence-corrected chi connectivity index (χ2v) is 15.2. The van der Waals surface area contributed by atoms with E-state index < -0.39 is 53.6 Å². The van der Waals surface area contributed by atoms with Crippen LogP contribution in [-0.2, 0) is 28.9 Å². The number of likely N-dealkylation sites (N-methyl/N-ethyl adjacent to an activating group) is 1. The summed E-state index contributed by atoms with van der Waals surface area (Å²) in [7, 11) is 1.72. The van der Waals surface area contributed by atoms with Crippen LogP contribution in [0.5, 0.6) is 0 Å². The van der Waals surface area contributed by atoms with Crippen molar-refractivity contribution >= 4 is 46.2 Å². The van der Waals surface area contributed by atoms with Crippen LogP contribution in [0.4, 0.5) is 18.0 Å². The van der Waals surface area contributed by atoms with E-state index in [1.807, 2.05) is 32.9 Å². The minimum Gasteiger partial charge on any atom is -0.444 e. The third-order valence-electron chi connectivity index (χ3n) is 9.23. The van der Waals surface area contributed by atoms with E-state index in [1.165, 1.54) is 15.8 Å². The van der Waals surface area contributed by atoms with Gasteiger partial charge in [0.1, 0.15) is 17.2 Å². The molecule has 4 heterocycles. The molecule has 1 fully saturated rings. The zero-order valence-corrected chi connectivity index (χ0v) is 29.5. The molecule has 4 aromatic rings. The molecular weight excluding hydrogens is 699 g/mol.